The van der Waals surface area contributed by atoms with Gasteiger partial charge in [0.05, 0.1) is 0 Å². The Hall–Kier alpha value is -5.14. The lowest BCUT2D eigenvalue weighted by Crippen LogP contribution is -2.30. The van der Waals surface area contributed by atoms with Gasteiger partial charge < -0.3 is 4.90 Å². The van der Waals surface area contributed by atoms with Crippen molar-refractivity contribution in [3.63, 3.8) is 0 Å². The van der Waals surface area contributed by atoms with E-state index in [9.17, 15) is 0 Å². The normalized spacial score (nSPS) is 18.3. The molecule has 0 saturated heterocycles. The molecule has 260 valence electrons. The molecule has 0 aromatic heterocycles. The number of benzene rings is 4. The SMILES string of the molecule is C=C1CC(C)(C)C(/C=C\C)C(=C\CC)/C1=C/C=C(\C)C/C=C\C(=C/C)N(c1ccc(C)cc1)c1ccc(-c2ccc(-c3ccccc3)cc2)cc1. The van der Waals surface area contributed by atoms with Crippen LogP contribution in [0.5, 0.6) is 0 Å². The molecule has 0 aliphatic heterocycles. The number of aryl methyl sites for hydroxylation is 1. The van der Waals surface area contributed by atoms with E-state index in [0.29, 0.717) is 5.92 Å². The van der Waals surface area contributed by atoms with Crippen molar-refractivity contribution in [3.8, 4) is 22.3 Å². The molecule has 1 atom stereocenters. The molecule has 0 heterocycles. The predicted octanol–water partition coefficient (Wildman–Crippen LogP) is 14.7. The Kier molecular flexibility index (Phi) is 12.5. The van der Waals surface area contributed by atoms with Gasteiger partial charge in [0, 0.05) is 23.0 Å². The van der Waals surface area contributed by atoms with Crippen molar-refractivity contribution in [1.29, 1.82) is 0 Å². The van der Waals surface area contributed by atoms with Gasteiger partial charge in [0.25, 0.3) is 0 Å². The maximum absolute atomic E-state index is 4.52. The van der Waals surface area contributed by atoms with E-state index in [2.05, 4.69) is 212 Å². The summed E-state index contributed by atoms with van der Waals surface area (Å²) in [6.45, 7) is 20.1. The zero-order valence-corrected chi connectivity index (χ0v) is 31.8. The van der Waals surface area contributed by atoms with E-state index in [1.807, 2.05) is 0 Å². The van der Waals surface area contributed by atoms with Crippen LogP contribution in [0.3, 0.4) is 0 Å². The van der Waals surface area contributed by atoms with Gasteiger partial charge in [-0.05, 0) is 122 Å². The number of anilines is 2. The molecule has 1 aliphatic carbocycles. The van der Waals surface area contributed by atoms with E-state index in [0.717, 1.165) is 36.3 Å². The second-order valence-electron chi connectivity index (χ2n) is 14.4. The Morgan fingerprint density at radius 1 is 0.804 bits per heavy atom. The summed E-state index contributed by atoms with van der Waals surface area (Å²) in [6.07, 6.45) is 21.2. The first-order valence-corrected chi connectivity index (χ1v) is 18.5. The number of rotatable bonds is 11. The topological polar surface area (TPSA) is 3.24 Å². The maximum Gasteiger partial charge on any atom is 0.0461 e. The van der Waals surface area contributed by atoms with Crippen molar-refractivity contribution in [1.82, 2.24) is 0 Å². The fourth-order valence-electron chi connectivity index (χ4n) is 7.16. The van der Waals surface area contributed by atoms with Crippen LogP contribution in [0, 0.1) is 18.3 Å². The number of hydrogen-bond donors (Lipinski definition) is 0. The third kappa shape index (κ3) is 9.16. The van der Waals surface area contributed by atoms with Gasteiger partial charge in [0.2, 0.25) is 0 Å². The molecule has 1 nitrogen and oxygen atoms in total. The highest BCUT2D eigenvalue weighted by atomic mass is 15.1. The molecular formula is C50H55N. The standard InChI is InChI=1S/C50H55N/c1-9-16-48-47(39(6)36-50(7,8)49(48)17-10-2)35-24-37(4)18-15-21-44(11-3)51(45-31-22-38(5)23-32-45)46-33-29-43(30-34-46)42-27-25-41(26-28-42)40-19-13-12-14-20-40/h10-17,19-35,49H,6,9,18,36H2,1-5,7-8H3/b17-10-,21-15-,37-24+,44-11+,47-35+,48-16-. The van der Waals surface area contributed by atoms with Gasteiger partial charge in [-0.3, -0.25) is 0 Å². The number of hydrogen-bond acceptors (Lipinski definition) is 1. The first kappa shape index (κ1) is 37.1. The van der Waals surface area contributed by atoms with E-state index in [1.165, 1.54) is 50.1 Å². The van der Waals surface area contributed by atoms with Crippen LogP contribution in [0.4, 0.5) is 11.4 Å². The highest BCUT2D eigenvalue weighted by Crippen LogP contribution is 2.49. The first-order valence-electron chi connectivity index (χ1n) is 18.5. The van der Waals surface area contributed by atoms with E-state index in [4.69, 9.17) is 0 Å². The Morgan fingerprint density at radius 2 is 1.35 bits per heavy atom. The van der Waals surface area contributed by atoms with Gasteiger partial charge in [-0.15, -0.1) is 0 Å². The monoisotopic (exact) mass is 669 g/mol. The molecule has 4 aromatic carbocycles. The van der Waals surface area contributed by atoms with Crippen LogP contribution < -0.4 is 4.90 Å². The van der Waals surface area contributed by atoms with Crippen LogP contribution in [-0.2, 0) is 0 Å². The van der Waals surface area contributed by atoms with Gasteiger partial charge >= 0.3 is 0 Å². The number of allylic oxidation sites excluding steroid dienone is 12. The van der Waals surface area contributed by atoms with Gasteiger partial charge in [-0.1, -0.05) is 160 Å². The molecule has 1 saturated carbocycles. The third-order valence-electron chi connectivity index (χ3n) is 9.91. The minimum Gasteiger partial charge on any atom is -0.311 e. The van der Waals surface area contributed by atoms with Crippen LogP contribution >= 0.6 is 0 Å². The van der Waals surface area contributed by atoms with Crippen LogP contribution in [0.1, 0.15) is 66.4 Å². The summed E-state index contributed by atoms with van der Waals surface area (Å²) in [5.41, 5.74) is 15.0. The summed E-state index contributed by atoms with van der Waals surface area (Å²) in [6, 6.07) is 37.1. The predicted molar refractivity (Wildman–Crippen MR) is 224 cm³/mol. The van der Waals surface area contributed by atoms with Crippen molar-refractivity contribution in [2.45, 2.75) is 67.7 Å². The lowest BCUT2D eigenvalue weighted by atomic mass is 9.62. The number of nitrogens with zero attached hydrogens (tertiary/aromatic N) is 1. The van der Waals surface area contributed by atoms with Crippen LogP contribution in [0.2, 0.25) is 0 Å². The second-order valence-corrected chi connectivity index (χ2v) is 14.4. The zero-order chi connectivity index (χ0) is 36.4. The summed E-state index contributed by atoms with van der Waals surface area (Å²) in [7, 11) is 0. The zero-order valence-electron chi connectivity index (χ0n) is 31.8. The van der Waals surface area contributed by atoms with Crippen molar-refractivity contribution >= 4 is 11.4 Å². The summed E-state index contributed by atoms with van der Waals surface area (Å²) >= 11 is 0. The first-order chi connectivity index (χ1) is 24.6. The fraction of sp³-hybridized carbons (Fsp3) is 0.240. The molecule has 0 N–H and O–H groups in total. The third-order valence-corrected chi connectivity index (χ3v) is 9.91. The van der Waals surface area contributed by atoms with E-state index >= 15 is 0 Å². The highest BCUT2D eigenvalue weighted by molar-refractivity contribution is 5.75. The van der Waals surface area contributed by atoms with Crippen molar-refractivity contribution in [3.05, 3.63) is 192 Å². The van der Waals surface area contributed by atoms with Crippen molar-refractivity contribution < 1.29 is 0 Å². The lowest BCUT2D eigenvalue weighted by molar-refractivity contribution is 0.278. The van der Waals surface area contributed by atoms with E-state index in [-0.39, 0.29) is 5.41 Å². The Balaban J connectivity index is 1.37. The van der Waals surface area contributed by atoms with Crippen molar-refractivity contribution in [2.24, 2.45) is 11.3 Å². The minimum absolute atomic E-state index is 0.157. The Morgan fingerprint density at radius 3 is 1.90 bits per heavy atom. The van der Waals surface area contributed by atoms with Crippen LogP contribution in [0.15, 0.2) is 186 Å². The van der Waals surface area contributed by atoms with Gasteiger partial charge in [0.1, 0.15) is 0 Å². The molecule has 0 amide bonds. The smallest absolute Gasteiger partial charge is 0.0461 e. The summed E-state index contributed by atoms with van der Waals surface area (Å²) < 4.78 is 0. The quantitative estimate of drug-likeness (QED) is 0.113. The van der Waals surface area contributed by atoms with E-state index in [1.54, 1.807) is 0 Å². The molecule has 1 aliphatic rings. The summed E-state index contributed by atoms with van der Waals surface area (Å²) in [4.78, 5) is 2.34. The molecule has 51 heavy (non-hydrogen) atoms. The minimum atomic E-state index is 0.157. The molecule has 0 bridgehead atoms. The van der Waals surface area contributed by atoms with Gasteiger partial charge in [0.15, 0.2) is 0 Å². The molecular weight excluding hydrogens is 615 g/mol. The lowest BCUT2D eigenvalue weighted by Gasteiger charge is -2.41. The molecule has 0 radical (unpaired) electrons. The van der Waals surface area contributed by atoms with Crippen LogP contribution in [-0.4, -0.2) is 0 Å². The van der Waals surface area contributed by atoms with Gasteiger partial charge in [-0.25, -0.2) is 0 Å². The van der Waals surface area contributed by atoms with Gasteiger partial charge in [-0.2, -0.15) is 0 Å². The molecule has 1 fully saturated rings. The summed E-state index contributed by atoms with van der Waals surface area (Å²) in [5.74, 6) is 0.395. The maximum atomic E-state index is 4.52. The largest absolute Gasteiger partial charge is 0.311 e. The van der Waals surface area contributed by atoms with Crippen molar-refractivity contribution in [2.75, 3.05) is 4.90 Å². The molecule has 1 heteroatoms. The molecule has 5 rings (SSSR count). The average molecular weight is 670 g/mol. The Labute approximate surface area is 308 Å². The van der Waals surface area contributed by atoms with Crippen LogP contribution in [0.25, 0.3) is 22.3 Å². The Bertz CT molecular complexity index is 1960. The van der Waals surface area contributed by atoms with E-state index < -0.39 is 0 Å². The molecule has 0 spiro atoms. The molecule has 1 unspecified atom stereocenters. The molecule has 4 aromatic rings. The fourth-order valence-corrected chi connectivity index (χ4v) is 7.16. The summed E-state index contributed by atoms with van der Waals surface area (Å²) in [5, 5.41) is 0. The average Bonchev–Trinajstić information content (AvgIpc) is 3.14. The highest BCUT2D eigenvalue weighted by Gasteiger charge is 2.37. The second kappa shape index (κ2) is 17.2.